The van der Waals surface area contributed by atoms with Crippen molar-refractivity contribution < 1.29 is 4.79 Å². The Kier molecular flexibility index (Phi) is 4.94. The fourth-order valence-corrected chi connectivity index (χ4v) is 0.867. The van der Waals surface area contributed by atoms with Gasteiger partial charge in [0.2, 0.25) is 5.91 Å². The molecule has 10 heavy (non-hydrogen) atoms. The molecule has 0 aliphatic carbocycles. The van der Waals surface area contributed by atoms with Gasteiger partial charge < -0.3 is 11.1 Å². The Morgan fingerprint density at radius 2 is 2.30 bits per heavy atom. The van der Waals surface area contributed by atoms with E-state index in [2.05, 4.69) is 5.32 Å². The molecule has 1 atom stereocenters. The first-order valence-corrected chi connectivity index (χ1v) is 3.67. The lowest BCUT2D eigenvalue weighted by molar-refractivity contribution is -0.119. The first kappa shape index (κ1) is 9.43. The first-order chi connectivity index (χ1) is 4.70. The highest BCUT2D eigenvalue weighted by molar-refractivity contribution is 5.73. The molecule has 3 heteroatoms. The van der Waals surface area contributed by atoms with E-state index in [1.54, 1.807) is 0 Å². The second-order valence-electron chi connectivity index (χ2n) is 2.38. The fraction of sp³-hybridized carbons (Fsp3) is 0.857. The minimum Gasteiger partial charge on any atom is -0.354 e. The molecule has 3 nitrogen and oxygen atoms in total. The number of rotatable bonds is 4. The van der Waals surface area contributed by atoms with Crippen LogP contribution in [0.2, 0.25) is 0 Å². The second kappa shape index (κ2) is 5.23. The summed E-state index contributed by atoms with van der Waals surface area (Å²) in [4.78, 5) is 10.5. The van der Waals surface area contributed by atoms with Crippen molar-refractivity contribution in [2.24, 2.45) is 5.73 Å². The molecule has 0 radical (unpaired) electrons. The molecule has 0 saturated carbocycles. The van der Waals surface area contributed by atoms with Crippen molar-refractivity contribution in [3.05, 3.63) is 0 Å². The SMILES string of the molecule is CCC(CCN)NC(C)=O. The minimum absolute atomic E-state index is 0.0281. The topological polar surface area (TPSA) is 55.1 Å². The third-order valence-electron chi connectivity index (χ3n) is 1.42. The number of carbonyl (C=O) groups excluding carboxylic acids is 1. The summed E-state index contributed by atoms with van der Waals surface area (Å²) in [5.74, 6) is 0.0281. The minimum atomic E-state index is 0.0281. The van der Waals surface area contributed by atoms with Gasteiger partial charge in [-0.25, -0.2) is 0 Å². The van der Waals surface area contributed by atoms with Crippen LogP contribution in [0.5, 0.6) is 0 Å². The summed E-state index contributed by atoms with van der Waals surface area (Å²) in [5, 5.41) is 2.81. The molecule has 0 fully saturated rings. The molecular formula is C7H16N2O. The molecular weight excluding hydrogens is 128 g/mol. The lowest BCUT2D eigenvalue weighted by Gasteiger charge is -2.13. The van der Waals surface area contributed by atoms with Crippen molar-refractivity contribution in [1.29, 1.82) is 0 Å². The van der Waals surface area contributed by atoms with Crippen LogP contribution in [-0.2, 0) is 4.79 Å². The van der Waals surface area contributed by atoms with Gasteiger partial charge in [-0.1, -0.05) is 6.92 Å². The summed E-state index contributed by atoms with van der Waals surface area (Å²) >= 11 is 0. The van der Waals surface area contributed by atoms with Gasteiger partial charge in [0.15, 0.2) is 0 Å². The van der Waals surface area contributed by atoms with E-state index in [1.807, 2.05) is 6.92 Å². The van der Waals surface area contributed by atoms with Crippen molar-refractivity contribution in [2.75, 3.05) is 6.54 Å². The number of amides is 1. The van der Waals surface area contributed by atoms with Gasteiger partial charge in [0.25, 0.3) is 0 Å². The predicted octanol–water partition coefficient (Wildman–Crippen LogP) is 0.250. The molecule has 0 aromatic rings. The molecule has 1 unspecified atom stereocenters. The maximum atomic E-state index is 10.5. The monoisotopic (exact) mass is 144 g/mol. The quantitative estimate of drug-likeness (QED) is 0.594. The van der Waals surface area contributed by atoms with E-state index in [0.717, 1.165) is 12.8 Å². The van der Waals surface area contributed by atoms with Gasteiger partial charge in [-0.15, -0.1) is 0 Å². The molecule has 0 aliphatic rings. The summed E-state index contributed by atoms with van der Waals surface area (Å²) in [6.45, 7) is 4.20. The predicted molar refractivity (Wildman–Crippen MR) is 41.6 cm³/mol. The Morgan fingerprint density at radius 3 is 2.60 bits per heavy atom. The van der Waals surface area contributed by atoms with E-state index in [1.165, 1.54) is 6.92 Å². The molecule has 0 aliphatic heterocycles. The molecule has 0 aromatic carbocycles. The fourth-order valence-electron chi connectivity index (χ4n) is 0.867. The summed E-state index contributed by atoms with van der Waals surface area (Å²) in [6, 6.07) is 0.266. The van der Waals surface area contributed by atoms with Crippen LogP contribution in [0.15, 0.2) is 0 Å². The van der Waals surface area contributed by atoms with Crippen molar-refractivity contribution >= 4 is 5.91 Å². The van der Waals surface area contributed by atoms with Crippen molar-refractivity contribution in [3.63, 3.8) is 0 Å². The van der Waals surface area contributed by atoms with Gasteiger partial charge in [-0.2, -0.15) is 0 Å². The zero-order valence-electron chi connectivity index (χ0n) is 6.68. The molecule has 0 spiro atoms. The summed E-state index contributed by atoms with van der Waals surface area (Å²) in [7, 11) is 0. The van der Waals surface area contributed by atoms with Crippen LogP contribution in [0.1, 0.15) is 26.7 Å². The van der Waals surface area contributed by atoms with Crippen LogP contribution in [0, 0.1) is 0 Å². The van der Waals surface area contributed by atoms with Crippen LogP contribution in [-0.4, -0.2) is 18.5 Å². The molecule has 60 valence electrons. The molecule has 0 heterocycles. The number of nitrogens with two attached hydrogens (primary N) is 1. The smallest absolute Gasteiger partial charge is 0.217 e. The zero-order valence-corrected chi connectivity index (χ0v) is 6.68. The van der Waals surface area contributed by atoms with Crippen LogP contribution < -0.4 is 11.1 Å². The number of nitrogens with one attached hydrogen (secondary N) is 1. The Bertz CT molecular complexity index is 104. The van der Waals surface area contributed by atoms with Crippen LogP contribution in [0.25, 0.3) is 0 Å². The van der Waals surface area contributed by atoms with Gasteiger partial charge in [0.1, 0.15) is 0 Å². The van der Waals surface area contributed by atoms with Gasteiger partial charge in [-0.05, 0) is 19.4 Å². The number of carbonyl (C=O) groups is 1. The van der Waals surface area contributed by atoms with Crippen LogP contribution in [0.3, 0.4) is 0 Å². The van der Waals surface area contributed by atoms with Crippen molar-refractivity contribution in [3.8, 4) is 0 Å². The second-order valence-corrected chi connectivity index (χ2v) is 2.38. The lowest BCUT2D eigenvalue weighted by Crippen LogP contribution is -2.34. The highest BCUT2D eigenvalue weighted by Gasteiger charge is 2.04. The number of hydrogen-bond donors (Lipinski definition) is 2. The van der Waals surface area contributed by atoms with E-state index in [9.17, 15) is 4.79 Å². The largest absolute Gasteiger partial charge is 0.354 e. The standard InChI is InChI=1S/C7H16N2O/c1-3-7(4-5-8)9-6(2)10/h7H,3-5,8H2,1-2H3,(H,9,10). The van der Waals surface area contributed by atoms with Crippen molar-refractivity contribution in [2.45, 2.75) is 32.7 Å². The third-order valence-corrected chi connectivity index (χ3v) is 1.42. The Morgan fingerprint density at radius 1 is 1.70 bits per heavy atom. The average molecular weight is 144 g/mol. The summed E-state index contributed by atoms with van der Waals surface area (Å²) in [6.07, 6.45) is 1.83. The molecule has 0 bridgehead atoms. The summed E-state index contributed by atoms with van der Waals surface area (Å²) in [5.41, 5.74) is 5.33. The molecule has 0 rings (SSSR count). The van der Waals surface area contributed by atoms with Crippen LogP contribution in [0.4, 0.5) is 0 Å². The van der Waals surface area contributed by atoms with Gasteiger partial charge >= 0.3 is 0 Å². The first-order valence-electron chi connectivity index (χ1n) is 3.67. The Labute approximate surface area is 62.0 Å². The lowest BCUT2D eigenvalue weighted by atomic mass is 10.1. The van der Waals surface area contributed by atoms with E-state index in [0.29, 0.717) is 6.54 Å². The molecule has 3 N–H and O–H groups in total. The average Bonchev–Trinajstić information content (AvgIpc) is 1.86. The van der Waals surface area contributed by atoms with E-state index < -0.39 is 0 Å². The zero-order chi connectivity index (χ0) is 7.98. The van der Waals surface area contributed by atoms with Gasteiger partial charge in [0, 0.05) is 13.0 Å². The third kappa shape index (κ3) is 4.32. The van der Waals surface area contributed by atoms with Gasteiger partial charge in [0.05, 0.1) is 0 Å². The van der Waals surface area contributed by atoms with E-state index >= 15 is 0 Å². The van der Waals surface area contributed by atoms with E-state index in [4.69, 9.17) is 5.73 Å². The number of hydrogen-bond acceptors (Lipinski definition) is 2. The Balaban J connectivity index is 3.49. The molecule has 1 amide bonds. The highest BCUT2D eigenvalue weighted by atomic mass is 16.1. The maximum Gasteiger partial charge on any atom is 0.217 e. The Hall–Kier alpha value is -0.570. The maximum absolute atomic E-state index is 10.5. The summed E-state index contributed by atoms with van der Waals surface area (Å²) < 4.78 is 0. The normalized spacial score (nSPS) is 12.7. The highest BCUT2D eigenvalue weighted by Crippen LogP contribution is 1.94. The van der Waals surface area contributed by atoms with E-state index in [-0.39, 0.29) is 11.9 Å². The van der Waals surface area contributed by atoms with Gasteiger partial charge in [-0.3, -0.25) is 4.79 Å². The molecule has 0 saturated heterocycles. The van der Waals surface area contributed by atoms with Crippen molar-refractivity contribution in [1.82, 2.24) is 5.32 Å². The van der Waals surface area contributed by atoms with Crippen LogP contribution >= 0.6 is 0 Å². The molecule has 0 aromatic heterocycles.